The number of anilines is 1. The molecule has 20 heavy (non-hydrogen) atoms. The van der Waals surface area contributed by atoms with Gasteiger partial charge in [0.15, 0.2) is 17.5 Å². The quantitative estimate of drug-likeness (QED) is 0.693. The van der Waals surface area contributed by atoms with Crippen molar-refractivity contribution in [2.75, 3.05) is 4.72 Å². The van der Waals surface area contributed by atoms with E-state index in [9.17, 15) is 21.9 Å². The van der Waals surface area contributed by atoms with Crippen molar-refractivity contribution in [3.8, 4) is 11.1 Å². The van der Waals surface area contributed by atoms with E-state index in [1.165, 1.54) is 18.2 Å². The molecule has 0 aromatic heterocycles. The Morgan fingerprint density at radius 2 is 1.70 bits per heavy atom. The monoisotopic (exact) mass is 320 g/mol. The molecule has 0 fully saturated rings. The molecule has 106 valence electrons. The molecule has 0 aliphatic carbocycles. The topological polar surface area (TPSA) is 52.2 Å². The van der Waals surface area contributed by atoms with Gasteiger partial charge in [0.2, 0.25) is 0 Å². The minimum absolute atomic E-state index is 0.0428. The van der Waals surface area contributed by atoms with Gasteiger partial charge >= 0.3 is 0 Å². The molecule has 0 aliphatic rings. The van der Waals surface area contributed by atoms with Crippen LogP contribution >= 0.6 is 11.6 Å². The first-order valence-corrected chi connectivity index (χ1v) is 6.64. The number of benzene rings is 2. The SMILES string of the molecule is O=S([O-])Nc1ccc(-c2cc(F)c(F)c(F)c2)c(Cl)c1. The summed E-state index contributed by atoms with van der Waals surface area (Å²) in [5, 5.41) is 0.0610. The highest BCUT2D eigenvalue weighted by atomic mass is 35.5. The molecule has 0 heterocycles. The highest BCUT2D eigenvalue weighted by Gasteiger charge is 2.13. The van der Waals surface area contributed by atoms with E-state index >= 15 is 0 Å². The van der Waals surface area contributed by atoms with Crippen molar-refractivity contribution in [3.05, 3.63) is 52.8 Å². The number of rotatable bonds is 3. The van der Waals surface area contributed by atoms with E-state index < -0.39 is 28.7 Å². The van der Waals surface area contributed by atoms with Gasteiger partial charge in [0.25, 0.3) is 0 Å². The molecule has 8 heteroatoms. The van der Waals surface area contributed by atoms with Crippen molar-refractivity contribution >= 4 is 28.6 Å². The average molecular weight is 321 g/mol. The average Bonchev–Trinajstić information content (AvgIpc) is 2.34. The lowest BCUT2D eigenvalue weighted by molar-refractivity contribution is 0.448. The van der Waals surface area contributed by atoms with Gasteiger partial charge in [0.05, 0.1) is 5.02 Å². The maximum Gasteiger partial charge on any atom is 0.194 e. The highest BCUT2D eigenvalue weighted by molar-refractivity contribution is 7.80. The first kappa shape index (κ1) is 14.8. The van der Waals surface area contributed by atoms with E-state index in [2.05, 4.69) is 4.72 Å². The van der Waals surface area contributed by atoms with Crippen molar-refractivity contribution in [2.45, 2.75) is 0 Å². The van der Waals surface area contributed by atoms with E-state index in [0.29, 0.717) is 0 Å². The van der Waals surface area contributed by atoms with Gasteiger partial charge < -0.3 is 9.27 Å². The molecule has 0 radical (unpaired) electrons. The van der Waals surface area contributed by atoms with Crippen LogP contribution in [-0.4, -0.2) is 8.76 Å². The fourth-order valence-corrected chi connectivity index (χ4v) is 2.23. The third-order valence-corrected chi connectivity index (χ3v) is 3.18. The Labute approximate surface area is 119 Å². The Morgan fingerprint density at radius 3 is 2.20 bits per heavy atom. The molecule has 2 aromatic carbocycles. The molecule has 1 N–H and O–H groups in total. The summed E-state index contributed by atoms with van der Waals surface area (Å²) in [5.74, 6) is -4.23. The lowest BCUT2D eigenvalue weighted by atomic mass is 10.0. The predicted molar refractivity (Wildman–Crippen MR) is 69.3 cm³/mol. The summed E-state index contributed by atoms with van der Waals surface area (Å²) in [6, 6.07) is 5.60. The number of hydrogen-bond acceptors (Lipinski definition) is 2. The van der Waals surface area contributed by atoms with Crippen LogP contribution in [0.25, 0.3) is 11.1 Å². The Kier molecular flexibility index (Phi) is 4.32. The number of nitrogens with one attached hydrogen (secondary N) is 1. The standard InChI is InChI=1S/C12H7ClF3NO2S/c13-9-5-7(17-20(18)19)1-2-8(9)6-3-10(14)12(16)11(15)4-6/h1-5,17H,(H,18,19)/p-1. The largest absolute Gasteiger partial charge is 0.755 e. The summed E-state index contributed by atoms with van der Waals surface area (Å²) in [4.78, 5) is 0. The summed E-state index contributed by atoms with van der Waals surface area (Å²) in [6.45, 7) is 0. The second kappa shape index (κ2) is 5.82. The molecule has 1 atom stereocenters. The molecule has 0 spiro atoms. The van der Waals surface area contributed by atoms with Crippen molar-refractivity contribution < 1.29 is 21.9 Å². The molecule has 2 rings (SSSR count). The van der Waals surface area contributed by atoms with Crippen LogP contribution in [0, 0.1) is 17.5 Å². The summed E-state index contributed by atoms with van der Waals surface area (Å²) in [5.41, 5.74) is 0.475. The summed E-state index contributed by atoms with van der Waals surface area (Å²) in [6.07, 6.45) is 0. The van der Waals surface area contributed by atoms with E-state index in [-0.39, 0.29) is 21.8 Å². The molecule has 0 aliphatic heterocycles. The van der Waals surface area contributed by atoms with Gasteiger partial charge in [-0.05, 0) is 29.8 Å². The second-order valence-electron chi connectivity index (χ2n) is 3.79. The van der Waals surface area contributed by atoms with Gasteiger partial charge in [-0.25, -0.2) is 13.2 Å². The Hall–Kier alpha value is -1.57. The second-order valence-corrected chi connectivity index (χ2v) is 4.87. The molecule has 0 bridgehead atoms. The van der Waals surface area contributed by atoms with Crippen molar-refractivity contribution in [1.29, 1.82) is 0 Å². The van der Waals surface area contributed by atoms with Gasteiger partial charge in [0.1, 0.15) is 0 Å². The zero-order chi connectivity index (χ0) is 14.9. The zero-order valence-corrected chi connectivity index (χ0v) is 11.2. The molecular weight excluding hydrogens is 315 g/mol. The van der Waals surface area contributed by atoms with Gasteiger partial charge in [-0.1, -0.05) is 17.7 Å². The van der Waals surface area contributed by atoms with Crippen LogP contribution in [0.4, 0.5) is 18.9 Å². The van der Waals surface area contributed by atoms with E-state index in [0.717, 1.165) is 12.1 Å². The van der Waals surface area contributed by atoms with Gasteiger partial charge in [-0.2, -0.15) is 0 Å². The fraction of sp³-hybridized carbons (Fsp3) is 0. The maximum atomic E-state index is 13.2. The third kappa shape index (κ3) is 3.12. The van der Waals surface area contributed by atoms with Crippen LogP contribution in [-0.2, 0) is 11.3 Å². The molecule has 0 saturated carbocycles. The Balaban J connectivity index is 2.46. The molecule has 0 saturated heterocycles. The third-order valence-electron chi connectivity index (χ3n) is 2.47. The number of halogens is 4. The van der Waals surface area contributed by atoms with Crippen LogP contribution in [0.5, 0.6) is 0 Å². The number of hydrogen-bond donors (Lipinski definition) is 1. The minimum Gasteiger partial charge on any atom is -0.755 e. The van der Waals surface area contributed by atoms with Gasteiger partial charge in [-0.15, -0.1) is 0 Å². The van der Waals surface area contributed by atoms with Gasteiger partial charge in [-0.3, -0.25) is 4.21 Å². The molecule has 1 unspecified atom stereocenters. The Bertz CT molecular complexity index is 673. The van der Waals surface area contributed by atoms with E-state index in [1.54, 1.807) is 0 Å². The predicted octanol–water partition coefficient (Wildman–Crippen LogP) is 3.63. The molecule has 2 aromatic rings. The summed E-state index contributed by atoms with van der Waals surface area (Å²) >= 11 is 3.40. The van der Waals surface area contributed by atoms with Crippen LogP contribution in [0.15, 0.2) is 30.3 Å². The first-order chi connectivity index (χ1) is 9.38. The molecular formula is C12H6ClF3NO2S-. The lowest BCUT2D eigenvalue weighted by Gasteiger charge is -2.11. The first-order valence-electron chi connectivity index (χ1n) is 5.19. The van der Waals surface area contributed by atoms with Crippen LogP contribution < -0.4 is 4.72 Å². The smallest absolute Gasteiger partial charge is 0.194 e. The zero-order valence-electron chi connectivity index (χ0n) is 9.62. The van der Waals surface area contributed by atoms with E-state index in [1.807, 2.05) is 0 Å². The van der Waals surface area contributed by atoms with Crippen molar-refractivity contribution in [3.63, 3.8) is 0 Å². The summed E-state index contributed by atoms with van der Waals surface area (Å²) < 4.78 is 62.2. The van der Waals surface area contributed by atoms with Crippen LogP contribution in [0.2, 0.25) is 5.02 Å². The Morgan fingerprint density at radius 1 is 1.10 bits per heavy atom. The normalized spacial score (nSPS) is 12.2. The maximum absolute atomic E-state index is 13.2. The van der Waals surface area contributed by atoms with Crippen molar-refractivity contribution in [1.82, 2.24) is 0 Å². The molecule has 0 amide bonds. The van der Waals surface area contributed by atoms with Crippen LogP contribution in [0.1, 0.15) is 0 Å². The minimum atomic E-state index is -2.51. The van der Waals surface area contributed by atoms with Crippen LogP contribution in [0.3, 0.4) is 0 Å². The van der Waals surface area contributed by atoms with Gasteiger partial charge in [0, 0.05) is 22.5 Å². The summed E-state index contributed by atoms with van der Waals surface area (Å²) in [7, 11) is 0. The van der Waals surface area contributed by atoms with Crippen molar-refractivity contribution in [2.24, 2.45) is 0 Å². The van der Waals surface area contributed by atoms with E-state index in [4.69, 9.17) is 11.6 Å². The fourth-order valence-electron chi connectivity index (χ4n) is 1.62. The molecule has 3 nitrogen and oxygen atoms in total. The lowest BCUT2D eigenvalue weighted by Crippen LogP contribution is -2.02. The highest BCUT2D eigenvalue weighted by Crippen LogP contribution is 2.32.